The van der Waals surface area contributed by atoms with Gasteiger partial charge in [0.25, 0.3) is 0 Å². The van der Waals surface area contributed by atoms with Crippen molar-refractivity contribution >= 4 is 17.5 Å². The summed E-state index contributed by atoms with van der Waals surface area (Å²) in [6.45, 7) is 5.72. The molecule has 0 heterocycles. The second kappa shape index (κ2) is 6.78. The molecule has 0 aliphatic heterocycles. The predicted octanol–water partition coefficient (Wildman–Crippen LogP) is 2.35. The number of carbonyl (C=O) groups is 1. The molecule has 0 aromatic heterocycles. The zero-order valence-corrected chi connectivity index (χ0v) is 12.3. The topological polar surface area (TPSA) is 64.4 Å². The van der Waals surface area contributed by atoms with Crippen LogP contribution in [-0.2, 0) is 4.79 Å². The molecule has 1 aromatic rings. The number of hydrogen-bond acceptors (Lipinski definition) is 3. The summed E-state index contributed by atoms with van der Waals surface area (Å²) in [6, 6.07) is 7.27. The molecule has 106 valence electrons. The van der Waals surface area contributed by atoms with Gasteiger partial charge in [0.05, 0.1) is 17.1 Å². The lowest BCUT2D eigenvalue weighted by Gasteiger charge is -2.22. The van der Waals surface area contributed by atoms with Crippen molar-refractivity contribution in [1.82, 2.24) is 5.32 Å². The number of nitrogens with two attached hydrogens (primary N) is 1. The number of benzene rings is 1. The molecule has 0 spiro atoms. The van der Waals surface area contributed by atoms with Crippen LogP contribution in [0.15, 0.2) is 24.3 Å². The lowest BCUT2D eigenvalue weighted by atomic mass is 10.1. The van der Waals surface area contributed by atoms with E-state index in [1.54, 1.807) is 26.0 Å². The molecule has 1 atom stereocenters. The summed E-state index contributed by atoms with van der Waals surface area (Å²) in [5.41, 5.74) is 4.82. The monoisotopic (exact) mass is 284 g/mol. The fraction of sp³-hybridized carbons (Fsp3) is 0.500. The van der Waals surface area contributed by atoms with Gasteiger partial charge >= 0.3 is 0 Å². The van der Waals surface area contributed by atoms with Gasteiger partial charge < -0.3 is 15.8 Å². The molecule has 0 saturated carbocycles. The summed E-state index contributed by atoms with van der Waals surface area (Å²) in [4.78, 5) is 11.7. The molecule has 19 heavy (non-hydrogen) atoms. The SMILES string of the molecule is CCC(CNC(=O)C(C)(C)N)Oc1ccccc1Cl. The zero-order chi connectivity index (χ0) is 14.5. The first kappa shape index (κ1) is 15.8. The lowest BCUT2D eigenvalue weighted by Crippen LogP contribution is -2.51. The Labute approximate surface area is 119 Å². The number of ether oxygens (including phenoxy) is 1. The Balaban J connectivity index is 2.56. The highest BCUT2D eigenvalue weighted by molar-refractivity contribution is 6.32. The van der Waals surface area contributed by atoms with Crippen LogP contribution in [0.4, 0.5) is 0 Å². The van der Waals surface area contributed by atoms with Crippen molar-refractivity contribution in [1.29, 1.82) is 0 Å². The highest BCUT2D eigenvalue weighted by atomic mass is 35.5. The van der Waals surface area contributed by atoms with Crippen molar-refractivity contribution in [3.05, 3.63) is 29.3 Å². The highest BCUT2D eigenvalue weighted by Gasteiger charge is 2.22. The summed E-state index contributed by atoms with van der Waals surface area (Å²) in [7, 11) is 0. The van der Waals surface area contributed by atoms with E-state index in [-0.39, 0.29) is 12.0 Å². The highest BCUT2D eigenvalue weighted by Crippen LogP contribution is 2.24. The Morgan fingerprint density at radius 3 is 2.63 bits per heavy atom. The standard InChI is InChI=1S/C14H21ClN2O2/c1-4-10(9-17-13(18)14(2,3)16)19-12-8-6-5-7-11(12)15/h5-8,10H,4,9,16H2,1-3H3,(H,17,18). The van der Waals surface area contributed by atoms with E-state index in [4.69, 9.17) is 22.1 Å². The largest absolute Gasteiger partial charge is 0.487 e. The minimum absolute atomic E-state index is 0.133. The first-order valence-corrected chi connectivity index (χ1v) is 6.70. The molecule has 0 aliphatic carbocycles. The van der Waals surface area contributed by atoms with Crippen molar-refractivity contribution in [2.24, 2.45) is 5.73 Å². The van der Waals surface area contributed by atoms with E-state index in [1.165, 1.54) is 0 Å². The van der Waals surface area contributed by atoms with E-state index in [1.807, 2.05) is 19.1 Å². The van der Waals surface area contributed by atoms with Crippen LogP contribution in [0.25, 0.3) is 0 Å². The van der Waals surface area contributed by atoms with Gasteiger partial charge in [-0.3, -0.25) is 4.79 Å². The quantitative estimate of drug-likeness (QED) is 0.843. The van der Waals surface area contributed by atoms with Gasteiger partial charge in [0.1, 0.15) is 11.9 Å². The van der Waals surface area contributed by atoms with Gasteiger partial charge in [-0.15, -0.1) is 0 Å². The fourth-order valence-corrected chi connectivity index (χ4v) is 1.60. The molecular formula is C14H21ClN2O2. The number of carbonyl (C=O) groups excluding carboxylic acids is 1. The first-order chi connectivity index (χ1) is 8.84. The molecule has 4 nitrogen and oxygen atoms in total. The van der Waals surface area contributed by atoms with Crippen LogP contribution >= 0.6 is 11.6 Å². The molecule has 1 amide bonds. The summed E-state index contributed by atoms with van der Waals surface area (Å²) in [6.07, 6.45) is 0.627. The van der Waals surface area contributed by atoms with Gasteiger partial charge in [-0.05, 0) is 32.4 Å². The summed E-state index contributed by atoms with van der Waals surface area (Å²) < 4.78 is 5.77. The van der Waals surface area contributed by atoms with Crippen molar-refractivity contribution in [2.75, 3.05) is 6.54 Å². The molecule has 0 saturated heterocycles. The third-order valence-corrected chi connectivity index (χ3v) is 2.97. The molecule has 3 N–H and O–H groups in total. The third-order valence-electron chi connectivity index (χ3n) is 2.66. The molecule has 1 unspecified atom stereocenters. The second-order valence-corrected chi connectivity index (χ2v) is 5.42. The number of hydrogen-bond donors (Lipinski definition) is 2. The Kier molecular flexibility index (Phi) is 5.63. The summed E-state index contributed by atoms with van der Waals surface area (Å²) >= 11 is 6.03. The van der Waals surface area contributed by atoms with E-state index < -0.39 is 5.54 Å². The minimum atomic E-state index is -0.886. The molecule has 0 fully saturated rings. The van der Waals surface area contributed by atoms with Crippen LogP contribution in [0.3, 0.4) is 0 Å². The molecule has 1 aromatic carbocycles. The fourth-order valence-electron chi connectivity index (χ4n) is 1.42. The van der Waals surface area contributed by atoms with Crippen LogP contribution < -0.4 is 15.8 Å². The molecule has 0 bridgehead atoms. The summed E-state index contributed by atoms with van der Waals surface area (Å²) in [5.74, 6) is 0.422. The van der Waals surface area contributed by atoms with Gasteiger partial charge in [-0.1, -0.05) is 30.7 Å². The van der Waals surface area contributed by atoms with Gasteiger partial charge in [-0.2, -0.15) is 0 Å². The Morgan fingerprint density at radius 2 is 2.11 bits per heavy atom. The normalized spacial score (nSPS) is 12.9. The van der Waals surface area contributed by atoms with E-state index >= 15 is 0 Å². The van der Waals surface area contributed by atoms with E-state index in [9.17, 15) is 4.79 Å². The van der Waals surface area contributed by atoms with Crippen LogP contribution in [0, 0.1) is 0 Å². The van der Waals surface area contributed by atoms with Gasteiger partial charge in [0.2, 0.25) is 5.91 Å². The molecule has 0 aliphatic rings. The van der Waals surface area contributed by atoms with E-state index in [2.05, 4.69) is 5.32 Å². The lowest BCUT2D eigenvalue weighted by molar-refractivity contribution is -0.125. The van der Waals surface area contributed by atoms with Crippen molar-refractivity contribution in [3.8, 4) is 5.75 Å². The van der Waals surface area contributed by atoms with Crippen LogP contribution in [0.2, 0.25) is 5.02 Å². The summed E-state index contributed by atoms with van der Waals surface area (Å²) in [5, 5.41) is 3.34. The zero-order valence-electron chi connectivity index (χ0n) is 11.6. The second-order valence-electron chi connectivity index (χ2n) is 5.01. The van der Waals surface area contributed by atoms with Crippen molar-refractivity contribution in [3.63, 3.8) is 0 Å². The Morgan fingerprint density at radius 1 is 1.47 bits per heavy atom. The molecular weight excluding hydrogens is 264 g/mol. The number of halogens is 1. The third kappa shape index (κ3) is 5.09. The van der Waals surface area contributed by atoms with E-state index in [0.29, 0.717) is 17.3 Å². The number of rotatable bonds is 6. The number of amides is 1. The Hall–Kier alpha value is -1.26. The van der Waals surface area contributed by atoms with Gasteiger partial charge in [0, 0.05) is 0 Å². The van der Waals surface area contributed by atoms with Gasteiger partial charge in [-0.25, -0.2) is 0 Å². The maximum atomic E-state index is 11.7. The predicted molar refractivity (Wildman–Crippen MR) is 77.4 cm³/mol. The first-order valence-electron chi connectivity index (χ1n) is 6.33. The van der Waals surface area contributed by atoms with E-state index in [0.717, 1.165) is 6.42 Å². The molecule has 1 rings (SSSR count). The van der Waals surface area contributed by atoms with Crippen LogP contribution in [-0.4, -0.2) is 24.1 Å². The van der Waals surface area contributed by atoms with Crippen molar-refractivity contribution < 1.29 is 9.53 Å². The van der Waals surface area contributed by atoms with Crippen LogP contribution in [0.5, 0.6) is 5.75 Å². The molecule has 5 heteroatoms. The van der Waals surface area contributed by atoms with Gasteiger partial charge in [0.15, 0.2) is 0 Å². The van der Waals surface area contributed by atoms with Crippen molar-refractivity contribution in [2.45, 2.75) is 38.8 Å². The minimum Gasteiger partial charge on any atom is -0.487 e. The average Bonchev–Trinajstić information content (AvgIpc) is 2.35. The number of para-hydroxylation sites is 1. The smallest absolute Gasteiger partial charge is 0.239 e. The average molecular weight is 285 g/mol. The maximum absolute atomic E-state index is 11.7. The Bertz CT molecular complexity index is 430. The maximum Gasteiger partial charge on any atom is 0.239 e. The molecule has 0 radical (unpaired) electrons. The number of nitrogens with one attached hydrogen (secondary N) is 1. The van der Waals surface area contributed by atoms with Crippen LogP contribution in [0.1, 0.15) is 27.2 Å².